The molecule has 1 aliphatic rings. The monoisotopic (exact) mass is 278 g/mol. The molecule has 1 fully saturated rings. The molecule has 6 nitrogen and oxygen atoms in total. The summed E-state index contributed by atoms with van der Waals surface area (Å²) >= 11 is 1.61. The van der Waals surface area contributed by atoms with E-state index in [1.54, 1.807) is 11.3 Å². The highest BCUT2D eigenvalue weighted by molar-refractivity contribution is 7.09. The maximum absolute atomic E-state index is 9.21. The highest BCUT2D eigenvalue weighted by Gasteiger charge is 2.25. The van der Waals surface area contributed by atoms with Crippen LogP contribution in [0, 0.1) is 6.92 Å². The molecule has 19 heavy (non-hydrogen) atoms. The first-order chi connectivity index (χ1) is 9.22. The van der Waals surface area contributed by atoms with Crippen molar-refractivity contribution in [3.05, 3.63) is 28.5 Å². The van der Waals surface area contributed by atoms with Crippen LogP contribution in [0.5, 0.6) is 5.75 Å². The number of ether oxygens (including phenoxy) is 1. The molecule has 0 radical (unpaired) electrons. The lowest BCUT2D eigenvalue weighted by Gasteiger charge is -2.31. The first kappa shape index (κ1) is 12.3. The van der Waals surface area contributed by atoms with Crippen molar-refractivity contribution in [1.82, 2.24) is 15.0 Å². The Kier molecular flexibility index (Phi) is 3.31. The minimum absolute atomic E-state index is 0.0372. The lowest BCUT2D eigenvalue weighted by atomic mass is 10.3. The zero-order valence-corrected chi connectivity index (χ0v) is 11.3. The van der Waals surface area contributed by atoms with Crippen molar-refractivity contribution in [3.63, 3.8) is 0 Å². The Hall–Kier alpha value is -1.73. The minimum Gasteiger partial charge on any atom is -0.505 e. The van der Waals surface area contributed by atoms with Crippen molar-refractivity contribution >= 4 is 17.3 Å². The first-order valence-electron chi connectivity index (χ1n) is 6.02. The zero-order chi connectivity index (χ0) is 13.2. The van der Waals surface area contributed by atoms with Crippen molar-refractivity contribution < 1.29 is 9.84 Å². The number of aryl methyl sites for hydroxylation is 1. The summed E-state index contributed by atoms with van der Waals surface area (Å²) in [5.41, 5.74) is 1.02. The molecule has 0 saturated carbocycles. The third kappa shape index (κ3) is 2.66. The van der Waals surface area contributed by atoms with E-state index in [0.29, 0.717) is 19.1 Å². The van der Waals surface area contributed by atoms with Gasteiger partial charge >= 0.3 is 0 Å². The van der Waals surface area contributed by atoms with Gasteiger partial charge in [0.25, 0.3) is 0 Å². The fourth-order valence-corrected chi connectivity index (χ4v) is 2.81. The van der Waals surface area contributed by atoms with Gasteiger partial charge in [-0.15, -0.1) is 11.3 Å². The summed E-state index contributed by atoms with van der Waals surface area (Å²) < 4.78 is 5.75. The highest BCUT2D eigenvalue weighted by Crippen LogP contribution is 2.26. The van der Waals surface area contributed by atoms with E-state index in [9.17, 15) is 5.11 Å². The van der Waals surface area contributed by atoms with Gasteiger partial charge in [-0.2, -0.15) is 0 Å². The molecular weight excluding hydrogens is 264 g/mol. The summed E-state index contributed by atoms with van der Waals surface area (Å²) in [5, 5.41) is 12.2. The van der Waals surface area contributed by atoms with Gasteiger partial charge in [-0.25, -0.2) is 15.0 Å². The molecule has 7 heteroatoms. The Morgan fingerprint density at radius 1 is 1.42 bits per heavy atom. The lowest BCUT2D eigenvalue weighted by molar-refractivity contribution is 0.0390. The van der Waals surface area contributed by atoms with Gasteiger partial charge in [0.1, 0.15) is 11.1 Å². The lowest BCUT2D eigenvalue weighted by Crippen LogP contribution is -2.39. The van der Waals surface area contributed by atoms with Gasteiger partial charge in [0, 0.05) is 17.6 Å². The van der Waals surface area contributed by atoms with Crippen molar-refractivity contribution in [2.45, 2.75) is 13.0 Å². The summed E-state index contributed by atoms with van der Waals surface area (Å²) in [4.78, 5) is 14.8. The second-order valence-electron chi connectivity index (χ2n) is 4.37. The largest absolute Gasteiger partial charge is 0.505 e. The minimum atomic E-state index is -0.0372. The SMILES string of the molecule is Cc1csc(C2CN(c3ncc(O)cn3)CCO2)n1. The molecule has 1 saturated heterocycles. The Labute approximate surface area is 114 Å². The number of hydrogen-bond donors (Lipinski definition) is 1. The molecule has 3 heterocycles. The predicted molar refractivity (Wildman–Crippen MR) is 71.5 cm³/mol. The van der Waals surface area contributed by atoms with Gasteiger partial charge < -0.3 is 14.7 Å². The van der Waals surface area contributed by atoms with E-state index in [0.717, 1.165) is 17.2 Å². The number of anilines is 1. The van der Waals surface area contributed by atoms with Gasteiger partial charge in [0.15, 0.2) is 5.75 Å². The zero-order valence-electron chi connectivity index (χ0n) is 10.5. The van der Waals surface area contributed by atoms with Crippen LogP contribution in [0.2, 0.25) is 0 Å². The Morgan fingerprint density at radius 2 is 2.21 bits per heavy atom. The van der Waals surface area contributed by atoms with Crippen molar-refractivity contribution in [2.24, 2.45) is 0 Å². The van der Waals surface area contributed by atoms with Crippen molar-refractivity contribution in [3.8, 4) is 5.75 Å². The third-order valence-corrected chi connectivity index (χ3v) is 3.94. The number of nitrogens with zero attached hydrogens (tertiary/aromatic N) is 4. The smallest absolute Gasteiger partial charge is 0.225 e. The molecule has 0 aliphatic carbocycles. The fraction of sp³-hybridized carbons (Fsp3) is 0.417. The fourth-order valence-electron chi connectivity index (χ4n) is 1.98. The topological polar surface area (TPSA) is 71.4 Å². The van der Waals surface area contributed by atoms with E-state index in [1.165, 1.54) is 12.4 Å². The molecule has 0 bridgehead atoms. The van der Waals surface area contributed by atoms with Gasteiger partial charge in [-0.3, -0.25) is 0 Å². The molecule has 1 unspecified atom stereocenters. The Morgan fingerprint density at radius 3 is 2.89 bits per heavy atom. The van der Waals surface area contributed by atoms with Crippen LogP contribution >= 0.6 is 11.3 Å². The summed E-state index contributed by atoms with van der Waals surface area (Å²) in [6.45, 7) is 4.01. The van der Waals surface area contributed by atoms with Gasteiger partial charge in [0.05, 0.1) is 25.5 Å². The quantitative estimate of drug-likeness (QED) is 0.898. The summed E-state index contributed by atoms with van der Waals surface area (Å²) in [5.74, 6) is 0.684. The summed E-state index contributed by atoms with van der Waals surface area (Å²) in [7, 11) is 0. The molecule has 2 aromatic heterocycles. The molecule has 0 amide bonds. The average molecular weight is 278 g/mol. The Balaban J connectivity index is 1.76. The number of morpholine rings is 1. The average Bonchev–Trinajstić information content (AvgIpc) is 2.86. The van der Waals surface area contributed by atoms with Crippen LogP contribution in [0.15, 0.2) is 17.8 Å². The predicted octanol–water partition coefficient (Wildman–Crippen LogP) is 1.53. The number of aromatic hydroxyl groups is 1. The number of rotatable bonds is 2. The standard InChI is InChI=1S/C12H14N4O2S/c1-8-7-19-11(15-8)10-6-16(2-3-18-10)12-13-4-9(17)5-14-12/h4-5,7,10,17H,2-3,6H2,1H3. The maximum Gasteiger partial charge on any atom is 0.225 e. The summed E-state index contributed by atoms with van der Waals surface area (Å²) in [6.07, 6.45) is 2.77. The molecule has 1 atom stereocenters. The molecule has 2 aromatic rings. The van der Waals surface area contributed by atoms with E-state index in [1.807, 2.05) is 17.2 Å². The molecular formula is C12H14N4O2S. The second-order valence-corrected chi connectivity index (χ2v) is 5.26. The number of aromatic nitrogens is 3. The first-order valence-corrected chi connectivity index (χ1v) is 6.90. The molecule has 1 N–H and O–H groups in total. The van der Waals surface area contributed by atoms with Crippen molar-refractivity contribution in [2.75, 3.05) is 24.6 Å². The van der Waals surface area contributed by atoms with E-state index in [4.69, 9.17) is 4.74 Å². The number of hydrogen-bond acceptors (Lipinski definition) is 7. The second kappa shape index (κ2) is 5.10. The van der Waals surface area contributed by atoms with Crippen LogP contribution in [-0.2, 0) is 4.74 Å². The van der Waals surface area contributed by atoms with Gasteiger partial charge in [0.2, 0.25) is 5.95 Å². The van der Waals surface area contributed by atoms with E-state index >= 15 is 0 Å². The molecule has 0 aromatic carbocycles. The van der Waals surface area contributed by atoms with Crippen LogP contribution in [-0.4, -0.2) is 39.8 Å². The van der Waals surface area contributed by atoms with Crippen LogP contribution in [0.3, 0.4) is 0 Å². The van der Waals surface area contributed by atoms with Crippen LogP contribution in [0.25, 0.3) is 0 Å². The molecule has 100 valence electrons. The molecule has 1 aliphatic heterocycles. The van der Waals surface area contributed by atoms with Crippen LogP contribution < -0.4 is 4.90 Å². The van der Waals surface area contributed by atoms with Crippen molar-refractivity contribution in [1.29, 1.82) is 0 Å². The van der Waals surface area contributed by atoms with Crippen LogP contribution in [0.4, 0.5) is 5.95 Å². The third-order valence-electron chi connectivity index (χ3n) is 2.89. The van der Waals surface area contributed by atoms with Gasteiger partial charge in [-0.1, -0.05) is 0 Å². The van der Waals surface area contributed by atoms with Gasteiger partial charge in [-0.05, 0) is 6.92 Å². The number of thiazole rings is 1. The molecule has 0 spiro atoms. The van der Waals surface area contributed by atoms with E-state index in [2.05, 4.69) is 15.0 Å². The highest BCUT2D eigenvalue weighted by atomic mass is 32.1. The maximum atomic E-state index is 9.21. The van der Waals surface area contributed by atoms with E-state index < -0.39 is 0 Å². The van der Waals surface area contributed by atoms with E-state index in [-0.39, 0.29) is 11.9 Å². The Bertz CT molecular complexity index is 557. The normalized spacial score (nSPS) is 19.6. The summed E-state index contributed by atoms with van der Waals surface area (Å²) in [6, 6.07) is 0. The molecule has 3 rings (SSSR count). The van der Waals surface area contributed by atoms with Crippen LogP contribution in [0.1, 0.15) is 16.8 Å².